The monoisotopic (exact) mass is 243 g/mol. The van der Waals surface area contributed by atoms with Gasteiger partial charge in [0.1, 0.15) is 5.82 Å². The summed E-state index contributed by atoms with van der Waals surface area (Å²) in [4.78, 5) is 4.79. The van der Waals surface area contributed by atoms with Crippen LogP contribution in [0.25, 0.3) is 11.0 Å². The van der Waals surface area contributed by atoms with Crippen LogP contribution in [0.15, 0.2) is 24.3 Å². The lowest BCUT2D eigenvalue weighted by Gasteiger charge is -2.15. The van der Waals surface area contributed by atoms with Crippen LogP contribution in [0.1, 0.15) is 32.0 Å². The molecule has 1 fully saturated rings. The lowest BCUT2D eigenvalue weighted by Crippen LogP contribution is -2.26. The molecule has 0 bridgehead atoms. The number of imidazole rings is 1. The standard InChI is InChI=1S/C15H21N3/c1-2-18-14-9-4-3-8-13(14)17-15(18)10-11-6-5-7-12(11)16/h3-4,8-9,11-12H,2,5-7,10,16H2,1H3. The average Bonchev–Trinajstić information content (AvgIpc) is 2.93. The molecule has 1 aliphatic rings. The third-order valence-corrected chi connectivity index (χ3v) is 4.21. The zero-order chi connectivity index (χ0) is 12.5. The van der Waals surface area contributed by atoms with Gasteiger partial charge in [-0.25, -0.2) is 4.98 Å². The second-order valence-electron chi connectivity index (χ2n) is 5.32. The molecule has 3 heteroatoms. The van der Waals surface area contributed by atoms with E-state index in [2.05, 4.69) is 35.8 Å². The molecule has 2 unspecified atom stereocenters. The summed E-state index contributed by atoms with van der Waals surface area (Å²) < 4.78 is 2.33. The summed E-state index contributed by atoms with van der Waals surface area (Å²) in [5.74, 6) is 1.83. The van der Waals surface area contributed by atoms with Gasteiger partial charge in [0, 0.05) is 19.0 Å². The molecule has 1 saturated carbocycles. The summed E-state index contributed by atoms with van der Waals surface area (Å²) in [5, 5.41) is 0. The summed E-state index contributed by atoms with van der Waals surface area (Å²) in [6.07, 6.45) is 4.74. The fourth-order valence-electron chi connectivity index (χ4n) is 3.19. The van der Waals surface area contributed by atoms with Crippen LogP contribution in [0.2, 0.25) is 0 Å². The summed E-state index contributed by atoms with van der Waals surface area (Å²) in [6.45, 7) is 3.17. The predicted molar refractivity (Wildman–Crippen MR) is 74.4 cm³/mol. The minimum Gasteiger partial charge on any atom is -0.328 e. The van der Waals surface area contributed by atoms with Crippen molar-refractivity contribution in [1.82, 2.24) is 9.55 Å². The van der Waals surface area contributed by atoms with Crippen molar-refractivity contribution in [2.45, 2.75) is 45.2 Å². The molecule has 3 nitrogen and oxygen atoms in total. The van der Waals surface area contributed by atoms with Crippen molar-refractivity contribution in [3.05, 3.63) is 30.1 Å². The maximum atomic E-state index is 6.18. The Morgan fingerprint density at radius 2 is 2.17 bits per heavy atom. The molecule has 1 aliphatic carbocycles. The number of fused-ring (bicyclic) bond motifs is 1. The Hall–Kier alpha value is -1.35. The zero-order valence-electron chi connectivity index (χ0n) is 11.0. The van der Waals surface area contributed by atoms with E-state index in [1.54, 1.807) is 0 Å². The topological polar surface area (TPSA) is 43.8 Å². The number of nitrogens with zero attached hydrogens (tertiary/aromatic N) is 2. The van der Waals surface area contributed by atoms with Crippen molar-refractivity contribution in [2.75, 3.05) is 0 Å². The van der Waals surface area contributed by atoms with Crippen molar-refractivity contribution >= 4 is 11.0 Å². The van der Waals surface area contributed by atoms with Gasteiger partial charge >= 0.3 is 0 Å². The Kier molecular flexibility index (Phi) is 3.08. The van der Waals surface area contributed by atoms with E-state index in [4.69, 9.17) is 10.7 Å². The first-order chi connectivity index (χ1) is 8.79. The minimum atomic E-state index is 0.370. The van der Waals surface area contributed by atoms with E-state index < -0.39 is 0 Å². The van der Waals surface area contributed by atoms with Crippen molar-refractivity contribution in [2.24, 2.45) is 11.7 Å². The highest BCUT2D eigenvalue weighted by molar-refractivity contribution is 5.75. The largest absolute Gasteiger partial charge is 0.328 e. The number of nitrogens with two attached hydrogens (primary N) is 1. The molecule has 0 aliphatic heterocycles. The zero-order valence-corrected chi connectivity index (χ0v) is 11.0. The third-order valence-electron chi connectivity index (χ3n) is 4.21. The van der Waals surface area contributed by atoms with Gasteiger partial charge in [-0.05, 0) is 37.8 Å². The van der Waals surface area contributed by atoms with E-state index in [0.29, 0.717) is 12.0 Å². The van der Waals surface area contributed by atoms with Gasteiger partial charge in [0.05, 0.1) is 11.0 Å². The van der Waals surface area contributed by atoms with Crippen LogP contribution in [0, 0.1) is 5.92 Å². The third kappa shape index (κ3) is 1.93. The number of benzene rings is 1. The van der Waals surface area contributed by atoms with Gasteiger partial charge in [-0.1, -0.05) is 18.6 Å². The van der Waals surface area contributed by atoms with E-state index in [0.717, 1.165) is 18.5 Å². The molecule has 0 amide bonds. The Morgan fingerprint density at radius 1 is 1.33 bits per heavy atom. The van der Waals surface area contributed by atoms with Crippen LogP contribution in [-0.2, 0) is 13.0 Å². The molecule has 2 N–H and O–H groups in total. The van der Waals surface area contributed by atoms with E-state index in [-0.39, 0.29) is 0 Å². The van der Waals surface area contributed by atoms with Gasteiger partial charge in [0.2, 0.25) is 0 Å². The smallest absolute Gasteiger partial charge is 0.110 e. The van der Waals surface area contributed by atoms with Crippen LogP contribution in [0.4, 0.5) is 0 Å². The summed E-state index contributed by atoms with van der Waals surface area (Å²) in [5.41, 5.74) is 8.54. The van der Waals surface area contributed by atoms with Crippen LogP contribution in [0.5, 0.6) is 0 Å². The lowest BCUT2D eigenvalue weighted by molar-refractivity contribution is 0.459. The van der Waals surface area contributed by atoms with Gasteiger partial charge in [0.15, 0.2) is 0 Å². The molecule has 2 atom stereocenters. The maximum absolute atomic E-state index is 6.18. The minimum absolute atomic E-state index is 0.370. The van der Waals surface area contributed by atoms with Crippen molar-refractivity contribution in [3.63, 3.8) is 0 Å². The van der Waals surface area contributed by atoms with Crippen molar-refractivity contribution in [3.8, 4) is 0 Å². The summed E-state index contributed by atoms with van der Waals surface area (Å²) in [7, 11) is 0. The van der Waals surface area contributed by atoms with Gasteiger partial charge in [0.25, 0.3) is 0 Å². The lowest BCUT2D eigenvalue weighted by atomic mass is 10.00. The van der Waals surface area contributed by atoms with Gasteiger partial charge in [-0.2, -0.15) is 0 Å². The molecule has 1 aromatic carbocycles. The number of hydrogen-bond acceptors (Lipinski definition) is 2. The Bertz CT molecular complexity index is 544. The predicted octanol–water partition coefficient (Wildman–Crippen LogP) is 2.73. The highest BCUT2D eigenvalue weighted by Crippen LogP contribution is 2.28. The van der Waals surface area contributed by atoms with Crippen LogP contribution in [-0.4, -0.2) is 15.6 Å². The Balaban J connectivity index is 1.95. The summed E-state index contributed by atoms with van der Waals surface area (Å²) >= 11 is 0. The Morgan fingerprint density at radius 3 is 2.89 bits per heavy atom. The average molecular weight is 243 g/mol. The van der Waals surface area contributed by atoms with Crippen LogP contribution < -0.4 is 5.73 Å². The summed E-state index contributed by atoms with van der Waals surface area (Å²) in [6, 6.07) is 8.76. The van der Waals surface area contributed by atoms with E-state index in [9.17, 15) is 0 Å². The van der Waals surface area contributed by atoms with E-state index >= 15 is 0 Å². The quantitative estimate of drug-likeness (QED) is 0.900. The number of aromatic nitrogens is 2. The first kappa shape index (κ1) is 11.7. The molecule has 96 valence electrons. The van der Waals surface area contributed by atoms with Crippen LogP contribution in [0.3, 0.4) is 0 Å². The Labute approximate surface area is 108 Å². The van der Waals surface area contributed by atoms with Crippen molar-refractivity contribution in [1.29, 1.82) is 0 Å². The molecule has 1 heterocycles. The highest BCUT2D eigenvalue weighted by atomic mass is 15.1. The first-order valence-electron chi connectivity index (χ1n) is 6.99. The fraction of sp³-hybridized carbons (Fsp3) is 0.533. The first-order valence-corrected chi connectivity index (χ1v) is 6.99. The molecule has 3 rings (SSSR count). The van der Waals surface area contributed by atoms with E-state index in [1.807, 2.05) is 0 Å². The van der Waals surface area contributed by atoms with Gasteiger partial charge in [-0.3, -0.25) is 0 Å². The van der Waals surface area contributed by atoms with Crippen molar-refractivity contribution < 1.29 is 0 Å². The second kappa shape index (κ2) is 4.73. The molecule has 0 radical (unpaired) electrons. The molecule has 0 saturated heterocycles. The molecule has 2 aromatic rings. The number of aryl methyl sites for hydroxylation is 1. The second-order valence-corrected chi connectivity index (χ2v) is 5.32. The highest BCUT2D eigenvalue weighted by Gasteiger charge is 2.25. The van der Waals surface area contributed by atoms with Gasteiger partial charge < -0.3 is 10.3 Å². The van der Waals surface area contributed by atoms with E-state index in [1.165, 1.54) is 30.6 Å². The molecule has 0 spiro atoms. The van der Waals surface area contributed by atoms with Crippen LogP contribution >= 0.6 is 0 Å². The maximum Gasteiger partial charge on any atom is 0.110 e. The SMILES string of the molecule is CCn1c(CC2CCCC2N)nc2ccccc21. The molecular formula is C15H21N3. The number of rotatable bonds is 3. The number of hydrogen-bond donors (Lipinski definition) is 1. The molecular weight excluding hydrogens is 222 g/mol. The fourth-order valence-corrected chi connectivity index (χ4v) is 3.19. The molecule has 1 aromatic heterocycles. The molecule has 18 heavy (non-hydrogen) atoms. The number of para-hydroxylation sites is 2. The van der Waals surface area contributed by atoms with Gasteiger partial charge in [-0.15, -0.1) is 0 Å². The normalized spacial score (nSPS) is 23.9.